The van der Waals surface area contributed by atoms with Crippen molar-refractivity contribution in [3.63, 3.8) is 0 Å². The Kier molecular flexibility index (Phi) is 4.64. The predicted molar refractivity (Wildman–Crippen MR) is 94.3 cm³/mol. The number of aromatic nitrogens is 2. The minimum atomic E-state index is -0.291. The van der Waals surface area contributed by atoms with E-state index in [4.69, 9.17) is 4.74 Å². The first-order valence-corrected chi connectivity index (χ1v) is 8.45. The minimum Gasteiger partial charge on any atom is -0.497 e. The molecular formula is C19H24FN3O2. The summed E-state index contributed by atoms with van der Waals surface area (Å²) >= 11 is 0. The van der Waals surface area contributed by atoms with Crippen LogP contribution in [0, 0.1) is 5.82 Å². The summed E-state index contributed by atoms with van der Waals surface area (Å²) in [5.41, 5.74) is 1.86. The molecule has 0 spiro atoms. The normalized spacial score (nSPS) is 15.1. The number of fused-ring (bicyclic) bond motifs is 1. The summed E-state index contributed by atoms with van der Waals surface area (Å²) < 4.78 is 19.2. The lowest BCUT2D eigenvalue weighted by atomic mass is 9.95. The Morgan fingerprint density at radius 3 is 2.76 bits per heavy atom. The number of hydrogen-bond donors (Lipinski definition) is 1. The van der Waals surface area contributed by atoms with E-state index in [1.807, 2.05) is 20.8 Å². The van der Waals surface area contributed by atoms with Gasteiger partial charge in [-0.15, -0.1) is 0 Å². The molecule has 0 saturated heterocycles. The summed E-state index contributed by atoms with van der Waals surface area (Å²) in [6.07, 6.45) is 0.695. The first-order chi connectivity index (χ1) is 11.8. The smallest absolute Gasteiger partial charge is 0.255 e. The predicted octanol–water partition coefficient (Wildman–Crippen LogP) is 2.77. The standard InChI is InChI=1S/C19H24FN3O2/c1-19(2,3)18-21-16-7-8-23(11-14(16)17(24)22-18)10-12-5-6-13(25-4)9-15(12)20/h5-6,9H,7-8,10-11H2,1-4H3,(H,21,22,24). The first-order valence-electron chi connectivity index (χ1n) is 8.45. The number of aromatic amines is 1. The van der Waals surface area contributed by atoms with Crippen LogP contribution in [0.2, 0.25) is 0 Å². The molecule has 0 saturated carbocycles. The molecule has 134 valence electrons. The molecule has 0 amide bonds. The van der Waals surface area contributed by atoms with Gasteiger partial charge in [0.2, 0.25) is 0 Å². The molecule has 0 unspecified atom stereocenters. The molecule has 5 nitrogen and oxygen atoms in total. The lowest BCUT2D eigenvalue weighted by molar-refractivity contribution is 0.237. The number of benzene rings is 1. The highest BCUT2D eigenvalue weighted by Gasteiger charge is 2.25. The van der Waals surface area contributed by atoms with E-state index < -0.39 is 0 Å². The molecule has 1 N–H and O–H groups in total. The summed E-state index contributed by atoms with van der Waals surface area (Å²) in [6, 6.07) is 4.87. The quantitative estimate of drug-likeness (QED) is 0.929. The largest absolute Gasteiger partial charge is 0.497 e. The summed E-state index contributed by atoms with van der Waals surface area (Å²) in [5.74, 6) is 0.923. The van der Waals surface area contributed by atoms with Gasteiger partial charge in [0, 0.05) is 43.1 Å². The number of nitrogens with one attached hydrogen (secondary N) is 1. The molecule has 0 fully saturated rings. The van der Waals surface area contributed by atoms with Gasteiger partial charge in [-0.3, -0.25) is 9.69 Å². The Hall–Kier alpha value is -2.21. The molecule has 0 bridgehead atoms. The number of hydrogen-bond acceptors (Lipinski definition) is 4. The lowest BCUT2D eigenvalue weighted by Crippen LogP contribution is -2.37. The third-order valence-electron chi connectivity index (χ3n) is 4.51. The van der Waals surface area contributed by atoms with E-state index in [1.165, 1.54) is 13.2 Å². The summed E-state index contributed by atoms with van der Waals surface area (Å²) in [4.78, 5) is 22.1. The summed E-state index contributed by atoms with van der Waals surface area (Å²) in [5, 5.41) is 0. The molecule has 25 heavy (non-hydrogen) atoms. The van der Waals surface area contributed by atoms with Gasteiger partial charge in [0.25, 0.3) is 5.56 Å². The molecule has 0 radical (unpaired) electrons. The van der Waals surface area contributed by atoms with E-state index in [-0.39, 0.29) is 16.8 Å². The molecule has 1 aliphatic rings. The maximum Gasteiger partial charge on any atom is 0.255 e. The first kappa shape index (κ1) is 17.6. The van der Waals surface area contributed by atoms with Crippen molar-refractivity contribution in [3.8, 4) is 5.75 Å². The number of rotatable bonds is 3. The Morgan fingerprint density at radius 2 is 2.12 bits per heavy atom. The van der Waals surface area contributed by atoms with Gasteiger partial charge in [-0.1, -0.05) is 26.8 Å². The van der Waals surface area contributed by atoms with E-state index in [0.717, 1.165) is 12.2 Å². The van der Waals surface area contributed by atoms with Gasteiger partial charge in [0.1, 0.15) is 17.4 Å². The lowest BCUT2D eigenvalue weighted by Gasteiger charge is -2.29. The zero-order valence-electron chi connectivity index (χ0n) is 15.1. The highest BCUT2D eigenvalue weighted by molar-refractivity contribution is 5.29. The highest BCUT2D eigenvalue weighted by Crippen LogP contribution is 2.23. The number of methoxy groups -OCH3 is 1. The minimum absolute atomic E-state index is 0.0881. The zero-order valence-corrected chi connectivity index (χ0v) is 15.1. The van der Waals surface area contributed by atoms with Crippen LogP contribution < -0.4 is 10.3 Å². The molecule has 2 heterocycles. The van der Waals surface area contributed by atoms with Crippen LogP contribution in [-0.2, 0) is 24.9 Å². The summed E-state index contributed by atoms with van der Waals surface area (Å²) in [6.45, 7) is 7.76. The van der Waals surface area contributed by atoms with E-state index >= 15 is 0 Å². The van der Waals surface area contributed by atoms with E-state index in [2.05, 4.69) is 14.9 Å². The van der Waals surface area contributed by atoms with Gasteiger partial charge in [-0.25, -0.2) is 9.37 Å². The molecule has 3 rings (SSSR count). The SMILES string of the molecule is COc1ccc(CN2CCc3nc(C(C)(C)C)[nH]c(=O)c3C2)c(F)c1. The van der Waals surface area contributed by atoms with Crippen LogP contribution in [0.25, 0.3) is 0 Å². The van der Waals surface area contributed by atoms with Crippen molar-refractivity contribution in [2.75, 3.05) is 13.7 Å². The molecule has 0 atom stereocenters. The number of nitrogens with zero attached hydrogens (tertiary/aromatic N) is 2. The van der Waals surface area contributed by atoms with Crippen LogP contribution in [0.15, 0.2) is 23.0 Å². The van der Waals surface area contributed by atoms with Crippen LogP contribution in [0.3, 0.4) is 0 Å². The van der Waals surface area contributed by atoms with Crippen molar-refractivity contribution in [3.05, 3.63) is 57.0 Å². The van der Waals surface area contributed by atoms with Gasteiger partial charge < -0.3 is 9.72 Å². The average molecular weight is 345 g/mol. The van der Waals surface area contributed by atoms with Crippen molar-refractivity contribution < 1.29 is 9.13 Å². The Labute approximate surface area is 146 Å². The van der Waals surface area contributed by atoms with Crippen molar-refractivity contribution in [1.82, 2.24) is 14.9 Å². The van der Waals surface area contributed by atoms with Crippen LogP contribution in [-0.4, -0.2) is 28.5 Å². The maximum absolute atomic E-state index is 14.2. The number of halogens is 1. The fourth-order valence-corrected chi connectivity index (χ4v) is 3.00. The fourth-order valence-electron chi connectivity index (χ4n) is 3.00. The van der Waals surface area contributed by atoms with Crippen molar-refractivity contribution in [1.29, 1.82) is 0 Å². The topological polar surface area (TPSA) is 58.2 Å². The molecule has 6 heteroatoms. The van der Waals surface area contributed by atoms with Crippen LogP contribution in [0.4, 0.5) is 4.39 Å². The van der Waals surface area contributed by atoms with Crippen molar-refractivity contribution >= 4 is 0 Å². The number of H-pyrrole nitrogens is 1. The Balaban J connectivity index is 1.81. The second-order valence-corrected chi connectivity index (χ2v) is 7.51. The van der Waals surface area contributed by atoms with Gasteiger partial charge >= 0.3 is 0 Å². The molecule has 1 aliphatic heterocycles. The van der Waals surface area contributed by atoms with Crippen LogP contribution in [0.1, 0.15) is 43.4 Å². The average Bonchev–Trinajstić information content (AvgIpc) is 2.56. The zero-order chi connectivity index (χ0) is 18.2. The number of ether oxygens (including phenoxy) is 1. The Bertz CT molecular complexity index is 840. The maximum atomic E-state index is 14.2. The van der Waals surface area contributed by atoms with Crippen LogP contribution in [0.5, 0.6) is 5.75 Å². The molecule has 2 aromatic rings. The molecule has 1 aromatic heterocycles. The third kappa shape index (κ3) is 3.74. The second-order valence-electron chi connectivity index (χ2n) is 7.51. The van der Waals surface area contributed by atoms with Gasteiger partial charge in [-0.05, 0) is 6.07 Å². The summed E-state index contributed by atoms with van der Waals surface area (Å²) in [7, 11) is 1.52. The van der Waals surface area contributed by atoms with E-state index in [0.29, 0.717) is 42.2 Å². The monoisotopic (exact) mass is 345 g/mol. The van der Waals surface area contributed by atoms with Gasteiger partial charge in [0.15, 0.2) is 0 Å². The van der Waals surface area contributed by atoms with Gasteiger partial charge in [-0.2, -0.15) is 0 Å². The van der Waals surface area contributed by atoms with Crippen molar-refractivity contribution in [2.45, 2.75) is 45.7 Å². The molecule has 0 aliphatic carbocycles. The van der Waals surface area contributed by atoms with Gasteiger partial charge in [0.05, 0.1) is 18.4 Å². The van der Waals surface area contributed by atoms with E-state index in [9.17, 15) is 9.18 Å². The van der Waals surface area contributed by atoms with E-state index in [1.54, 1.807) is 12.1 Å². The second kappa shape index (κ2) is 6.59. The molecule has 1 aromatic carbocycles. The third-order valence-corrected chi connectivity index (χ3v) is 4.51. The fraction of sp³-hybridized carbons (Fsp3) is 0.474. The van der Waals surface area contributed by atoms with Crippen molar-refractivity contribution in [2.24, 2.45) is 0 Å². The highest BCUT2D eigenvalue weighted by atomic mass is 19.1. The van der Waals surface area contributed by atoms with Crippen LogP contribution >= 0.6 is 0 Å². The molecular weight excluding hydrogens is 321 g/mol. The Morgan fingerprint density at radius 1 is 1.36 bits per heavy atom.